The number of nitrogens with zero attached hydrogens (tertiary/aromatic N) is 1. The first-order chi connectivity index (χ1) is 11.7. The molecule has 0 spiro atoms. The molecule has 1 saturated heterocycles. The molecule has 1 atom stereocenters. The van der Waals surface area contributed by atoms with E-state index in [2.05, 4.69) is 4.90 Å². The van der Waals surface area contributed by atoms with Crippen LogP contribution < -0.4 is 4.74 Å². The summed E-state index contributed by atoms with van der Waals surface area (Å²) >= 11 is 0. The first-order valence-electron chi connectivity index (χ1n) is 8.51. The molecule has 2 aromatic carbocycles. The van der Waals surface area contributed by atoms with Crippen molar-refractivity contribution in [2.45, 2.75) is 31.7 Å². The van der Waals surface area contributed by atoms with Gasteiger partial charge in [0.15, 0.2) is 0 Å². The first-order valence-corrected chi connectivity index (χ1v) is 8.51. The third-order valence-corrected chi connectivity index (χ3v) is 4.45. The fraction of sp³-hybridized carbons (Fsp3) is 0.350. The molecule has 0 aliphatic carbocycles. The zero-order chi connectivity index (χ0) is 16.8. The average molecular weight is 325 g/mol. The number of aliphatic carboxylic acids is 1. The summed E-state index contributed by atoms with van der Waals surface area (Å²) in [7, 11) is 0. The van der Waals surface area contributed by atoms with E-state index < -0.39 is 12.0 Å². The van der Waals surface area contributed by atoms with E-state index in [9.17, 15) is 9.90 Å². The molecular formula is C20H23NO3. The van der Waals surface area contributed by atoms with Crippen LogP contribution >= 0.6 is 0 Å². The molecule has 1 aliphatic heterocycles. The summed E-state index contributed by atoms with van der Waals surface area (Å²) in [5, 5.41) is 9.57. The third-order valence-electron chi connectivity index (χ3n) is 4.45. The van der Waals surface area contributed by atoms with Crippen LogP contribution in [0.2, 0.25) is 0 Å². The molecular weight excluding hydrogens is 302 g/mol. The normalized spacial score (nSPS) is 16.5. The molecule has 3 rings (SSSR count). The van der Waals surface area contributed by atoms with Crippen molar-refractivity contribution in [2.24, 2.45) is 0 Å². The van der Waals surface area contributed by atoms with Gasteiger partial charge in [-0.1, -0.05) is 36.8 Å². The van der Waals surface area contributed by atoms with Gasteiger partial charge in [-0.3, -0.25) is 9.69 Å². The van der Waals surface area contributed by atoms with Gasteiger partial charge in [0.05, 0.1) is 0 Å². The van der Waals surface area contributed by atoms with Gasteiger partial charge < -0.3 is 9.84 Å². The monoisotopic (exact) mass is 325 g/mol. The number of para-hydroxylation sites is 1. The predicted octanol–water partition coefficient (Wildman–Crippen LogP) is 3.96. The number of likely N-dealkylation sites (tertiary alicyclic amines) is 1. The van der Waals surface area contributed by atoms with Crippen LogP contribution in [0.25, 0.3) is 0 Å². The molecule has 0 bridgehead atoms. The van der Waals surface area contributed by atoms with Crippen molar-refractivity contribution in [2.75, 3.05) is 13.1 Å². The van der Waals surface area contributed by atoms with Crippen molar-refractivity contribution in [1.82, 2.24) is 4.90 Å². The number of hydrogen-bond donors (Lipinski definition) is 1. The van der Waals surface area contributed by atoms with E-state index in [1.54, 1.807) is 0 Å². The summed E-state index contributed by atoms with van der Waals surface area (Å²) in [6, 6.07) is 16.9. The Labute approximate surface area is 142 Å². The molecule has 0 amide bonds. The number of piperidine rings is 1. The van der Waals surface area contributed by atoms with Crippen LogP contribution in [0.5, 0.6) is 11.5 Å². The topological polar surface area (TPSA) is 49.8 Å². The number of carboxylic acids is 1. The molecule has 1 aliphatic rings. The highest BCUT2D eigenvalue weighted by atomic mass is 16.5. The van der Waals surface area contributed by atoms with E-state index in [1.807, 2.05) is 54.6 Å². The molecule has 0 saturated carbocycles. The second-order valence-corrected chi connectivity index (χ2v) is 6.21. The van der Waals surface area contributed by atoms with Crippen LogP contribution in [0.3, 0.4) is 0 Å². The fourth-order valence-corrected chi connectivity index (χ4v) is 3.14. The average Bonchev–Trinajstić information content (AvgIpc) is 2.62. The third kappa shape index (κ3) is 4.36. The van der Waals surface area contributed by atoms with Gasteiger partial charge in [0, 0.05) is 0 Å². The van der Waals surface area contributed by atoms with E-state index in [1.165, 1.54) is 6.42 Å². The van der Waals surface area contributed by atoms with E-state index >= 15 is 0 Å². The molecule has 126 valence electrons. The number of benzene rings is 2. The molecule has 1 N–H and O–H groups in total. The van der Waals surface area contributed by atoms with Crippen molar-refractivity contribution >= 4 is 5.97 Å². The lowest BCUT2D eigenvalue weighted by molar-refractivity contribution is -0.143. The SMILES string of the molecule is O=C(O)[C@@H](Cc1ccc(Oc2ccccc2)cc1)N1CCCCC1. The van der Waals surface area contributed by atoms with Gasteiger partial charge >= 0.3 is 5.97 Å². The summed E-state index contributed by atoms with van der Waals surface area (Å²) in [6.07, 6.45) is 3.91. The van der Waals surface area contributed by atoms with Crippen LogP contribution in [0.1, 0.15) is 24.8 Å². The second-order valence-electron chi connectivity index (χ2n) is 6.21. The highest BCUT2D eigenvalue weighted by Crippen LogP contribution is 2.22. The number of carboxylic acid groups (broad SMARTS) is 1. The Kier molecular flexibility index (Phi) is 5.49. The van der Waals surface area contributed by atoms with Gasteiger partial charge in [-0.25, -0.2) is 0 Å². The van der Waals surface area contributed by atoms with Crippen LogP contribution in [0.4, 0.5) is 0 Å². The zero-order valence-corrected chi connectivity index (χ0v) is 13.7. The van der Waals surface area contributed by atoms with Crippen LogP contribution in [-0.4, -0.2) is 35.1 Å². The van der Waals surface area contributed by atoms with Crippen molar-refractivity contribution in [3.05, 3.63) is 60.2 Å². The lowest BCUT2D eigenvalue weighted by Gasteiger charge is -2.32. The summed E-state index contributed by atoms with van der Waals surface area (Å²) in [5.41, 5.74) is 1.02. The van der Waals surface area contributed by atoms with Gasteiger partial charge in [0.25, 0.3) is 0 Å². The standard InChI is InChI=1S/C20H23NO3/c22-20(23)19(21-13-5-2-6-14-21)15-16-9-11-18(12-10-16)24-17-7-3-1-4-8-17/h1,3-4,7-12,19H,2,5-6,13-15H2,(H,22,23)/t19-/m1/s1. The number of rotatable bonds is 6. The largest absolute Gasteiger partial charge is 0.480 e. The maximum Gasteiger partial charge on any atom is 0.321 e. The number of ether oxygens (including phenoxy) is 1. The molecule has 1 heterocycles. The minimum absolute atomic E-state index is 0.439. The number of hydrogen-bond acceptors (Lipinski definition) is 3. The highest BCUT2D eigenvalue weighted by Gasteiger charge is 2.26. The van der Waals surface area contributed by atoms with Gasteiger partial charge in [0.2, 0.25) is 0 Å². The maximum absolute atomic E-state index is 11.6. The minimum Gasteiger partial charge on any atom is -0.480 e. The molecule has 0 unspecified atom stereocenters. The number of carbonyl (C=O) groups is 1. The lowest BCUT2D eigenvalue weighted by Crippen LogP contribution is -2.45. The summed E-state index contributed by atoms with van der Waals surface area (Å²) in [6.45, 7) is 1.76. The highest BCUT2D eigenvalue weighted by molar-refractivity contribution is 5.74. The van der Waals surface area contributed by atoms with Gasteiger partial charge in [-0.2, -0.15) is 0 Å². The van der Waals surface area contributed by atoms with Crippen molar-refractivity contribution in [1.29, 1.82) is 0 Å². The Hall–Kier alpha value is -2.33. The molecule has 0 aromatic heterocycles. The lowest BCUT2D eigenvalue weighted by atomic mass is 10.0. The van der Waals surface area contributed by atoms with Crippen molar-refractivity contribution in [3.63, 3.8) is 0 Å². The zero-order valence-electron chi connectivity index (χ0n) is 13.7. The van der Waals surface area contributed by atoms with Crippen LogP contribution in [0.15, 0.2) is 54.6 Å². The Morgan fingerprint density at radius 2 is 1.58 bits per heavy atom. The fourth-order valence-electron chi connectivity index (χ4n) is 3.14. The molecule has 2 aromatic rings. The Morgan fingerprint density at radius 1 is 0.958 bits per heavy atom. The van der Waals surface area contributed by atoms with E-state index in [-0.39, 0.29) is 0 Å². The summed E-state index contributed by atoms with van der Waals surface area (Å²) in [5.74, 6) is 0.818. The maximum atomic E-state index is 11.6. The van der Waals surface area contributed by atoms with Crippen LogP contribution in [-0.2, 0) is 11.2 Å². The Morgan fingerprint density at radius 3 is 2.21 bits per heavy atom. The molecule has 4 nitrogen and oxygen atoms in total. The summed E-state index contributed by atoms with van der Waals surface area (Å²) < 4.78 is 5.78. The molecule has 1 fully saturated rings. The van der Waals surface area contributed by atoms with Crippen molar-refractivity contribution in [3.8, 4) is 11.5 Å². The van der Waals surface area contributed by atoms with Gasteiger partial charge in [-0.15, -0.1) is 0 Å². The smallest absolute Gasteiger partial charge is 0.321 e. The molecule has 24 heavy (non-hydrogen) atoms. The minimum atomic E-state index is -0.735. The van der Waals surface area contributed by atoms with Gasteiger partial charge in [-0.05, 0) is 62.2 Å². The first kappa shape index (κ1) is 16.5. The Bertz CT molecular complexity index is 648. The van der Waals surface area contributed by atoms with E-state index in [0.717, 1.165) is 43.0 Å². The van der Waals surface area contributed by atoms with E-state index in [0.29, 0.717) is 6.42 Å². The second kappa shape index (κ2) is 7.97. The van der Waals surface area contributed by atoms with Gasteiger partial charge in [0.1, 0.15) is 17.5 Å². The molecule has 4 heteroatoms. The quantitative estimate of drug-likeness (QED) is 0.873. The Balaban J connectivity index is 1.64. The summed E-state index contributed by atoms with van der Waals surface area (Å²) in [4.78, 5) is 13.7. The van der Waals surface area contributed by atoms with E-state index in [4.69, 9.17) is 4.74 Å². The van der Waals surface area contributed by atoms with Crippen LogP contribution in [0, 0.1) is 0 Å². The molecule has 0 radical (unpaired) electrons. The van der Waals surface area contributed by atoms with Crippen molar-refractivity contribution < 1.29 is 14.6 Å². The predicted molar refractivity (Wildman–Crippen MR) is 93.5 cm³/mol.